The summed E-state index contributed by atoms with van der Waals surface area (Å²) in [5.41, 5.74) is 1.34. The van der Waals surface area contributed by atoms with Gasteiger partial charge in [-0.1, -0.05) is 6.07 Å². The third-order valence-electron chi connectivity index (χ3n) is 3.50. The first-order valence-electron chi connectivity index (χ1n) is 6.70. The monoisotopic (exact) mass is 291 g/mol. The van der Waals surface area contributed by atoms with Crippen molar-refractivity contribution in [2.75, 3.05) is 13.1 Å². The second-order valence-electron chi connectivity index (χ2n) is 5.09. The summed E-state index contributed by atoms with van der Waals surface area (Å²) < 4.78 is 1.67. The van der Waals surface area contributed by atoms with Crippen LogP contribution in [0, 0.1) is 0 Å². The molecule has 0 radical (unpaired) electrons. The number of hydrogen-bond acceptors (Lipinski definition) is 4. The summed E-state index contributed by atoms with van der Waals surface area (Å²) in [7, 11) is 1.82. The number of thiophene rings is 1. The van der Waals surface area contributed by atoms with Crippen LogP contribution < -0.4 is 0 Å². The number of β-amino-alcohol motifs (C(OH)–C–C–N with tert-alkyl or cyclic N) is 1. The van der Waals surface area contributed by atoms with Gasteiger partial charge in [-0.25, -0.2) is 0 Å². The minimum absolute atomic E-state index is 0.0414. The summed E-state index contributed by atoms with van der Waals surface area (Å²) >= 11 is 1.57. The van der Waals surface area contributed by atoms with Crippen LogP contribution in [0.5, 0.6) is 0 Å². The number of aromatic nitrogens is 2. The number of hydrogen-bond donors (Lipinski definition) is 1. The van der Waals surface area contributed by atoms with E-state index < -0.39 is 6.10 Å². The zero-order chi connectivity index (χ0) is 14.1. The number of aliphatic hydroxyl groups is 1. The molecule has 1 aliphatic heterocycles. The zero-order valence-electron chi connectivity index (χ0n) is 11.3. The first-order valence-corrected chi connectivity index (χ1v) is 7.58. The molecule has 1 N–H and O–H groups in total. The number of nitrogens with zero attached hydrogens (tertiary/aromatic N) is 3. The van der Waals surface area contributed by atoms with E-state index in [0.29, 0.717) is 18.7 Å². The van der Waals surface area contributed by atoms with Gasteiger partial charge in [0.25, 0.3) is 5.91 Å². The Morgan fingerprint density at radius 3 is 3.10 bits per heavy atom. The Labute approximate surface area is 121 Å². The highest BCUT2D eigenvalue weighted by Crippen LogP contribution is 2.28. The average molecular weight is 291 g/mol. The summed E-state index contributed by atoms with van der Waals surface area (Å²) in [6.07, 6.45) is 2.98. The normalized spacial score (nSPS) is 19.3. The Hall–Kier alpha value is -1.66. The van der Waals surface area contributed by atoms with Crippen molar-refractivity contribution >= 4 is 17.2 Å². The lowest BCUT2D eigenvalue weighted by molar-refractivity contribution is 0.0474. The first-order chi connectivity index (χ1) is 9.65. The smallest absolute Gasteiger partial charge is 0.257 e. The molecule has 2 aromatic heterocycles. The second kappa shape index (κ2) is 5.38. The van der Waals surface area contributed by atoms with Crippen LogP contribution in [0.4, 0.5) is 0 Å². The number of aryl methyl sites for hydroxylation is 1. The maximum atomic E-state index is 12.6. The van der Waals surface area contributed by atoms with Gasteiger partial charge in [0.05, 0.1) is 16.5 Å². The van der Waals surface area contributed by atoms with Gasteiger partial charge < -0.3 is 10.0 Å². The van der Waals surface area contributed by atoms with E-state index in [2.05, 4.69) is 5.10 Å². The summed E-state index contributed by atoms with van der Waals surface area (Å²) in [6, 6.07) is 3.92. The van der Waals surface area contributed by atoms with Crippen LogP contribution in [0.3, 0.4) is 0 Å². The molecule has 106 valence electrons. The van der Waals surface area contributed by atoms with Crippen LogP contribution in [-0.2, 0) is 7.05 Å². The minimum atomic E-state index is -0.408. The summed E-state index contributed by atoms with van der Waals surface area (Å²) in [5, 5.41) is 16.1. The lowest BCUT2D eigenvalue weighted by Crippen LogP contribution is -2.42. The standard InChI is InChI=1S/C14H17N3O2S/c1-16-9-11(13(15-16)12-5-3-7-20-12)14(19)17-6-2-4-10(18)8-17/h3,5,7,9-10,18H,2,4,6,8H2,1H3. The maximum Gasteiger partial charge on any atom is 0.257 e. The van der Waals surface area contributed by atoms with Crippen molar-refractivity contribution < 1.29 is 9.90 Å². The SMILES string of the molecule is Cn1cc(C(=O)N2CCCC(O)C2)c(-c2cccs2)n1. The number of amides is 1. The Kier molecular flexibility index (Phi) is 3.58. The molecule has 0 aromatic carbocycles. The molecule has 1 amide bonds. The van der Waals surface area contributed by atoms with Crippen molar-refractivity contribution in [1.29, 1.82) is 0 Å². The van der Waals surface area contributed by atoms with Crippen molar-refractivity contribution in [3.8, 4) is 10.6 Å². The van der Waals surface area contributed by atoms with E-state index in [-0.39, 0.29) is 5.91 Å². The molecule has 0 saturated carbocycles. The molecule has 3 heterocycles. The van der Waals surface area contributed by atoms with E-state index in [1.54, 1.807) is 27.1 Å². The van der Waals surface area contributed by atoms with Gasteiger partial charge in [-0.15, -0.1) is 11.3 Å². The molecule has 20 heavy (non-hydrogen) atoms. The molecule has 1 aliphatic rings. The highest BCUT2D eigenvalue weighted by Gasteiger charge is 2.26. The van der Waals surface area contributed by atoms with Gasteiger partial charge in [-0.3, -0.25) is 9.48 Å². The highest BCUT2D eigenvalue weighted by molar-refractivity contribution is 7.13. The fourth-order valence-electron chi connectivity index (χ4n) is 2.55. The van der Waals surface area contributed by atoms with Gasteiger partial charge in [-0.2, -0.15) is 5.10 Å². The third-order valence-corrected chi connectivity index (χ3v) is 4.37. The van der Waals surface area contributed by atoms with E-state index in [1.165, 1.54) is 0 Å². The van der Waals surface area contributed by atoms with Crippen molar-refractivity contribution in [3.05, 3.63) is 29.3 Å². The predicted octanol–water partition coefficient (Wildman–Crippen LogP) is 1.75. The van der Waals surface area contributed by atoms with E-state index >= 15 is 0 Å². The molecule has 1 unspecified atom stereocenters. The van der Waals surface area contributed by atoms with Gasteiger partial charge in [-0.05, 0) is 24.3 Å². The van der Waals surface area contributed by atoms with Crippen molar-refractivity contribution in [3.63, 3.8) is 0 Å². The Bertz CT molecular complexity index is 606. The topological polar surface area (TPSA) is 58.4 Å². The number of aliphatic hydroxyl groups excluding tert-OH is 1. The number of piperidine rings is 1. The number of carbonyl (C=O) groups excluding carboxylic acids is 1. The summed E-state index contributed by atoms with van der Waals surface area (Å²) in [4.78, 5) is 15.4. The molecule has 1 fully saturated rings. The third kappa shape index (κ3) is 2.48. The Balaban J connectivity index is 1.92. The van der Waals surface area contributed by atoms with Gasteiger partial charge in [0.15, 0.2) is 0 Å². The molecular weight excluding hydrogens is 274 g/mol. The van der Waals surface area contributed by atoms with Gasteiger partial charge >= 0.3 is 0 Å². The van der Waals surface area contributed by atoms with Crippen LogP contribution in [0.1, 0.15) is 23.2 Å². The van der Waals surface area contributed by atoms with E-state index in [1.807, 2.05) is 24.6 Å². The van der Waals surface area contributed by atoms with Gasteiger partial charge in [0.1, 0.15) is 5.69 Å². The molecule has 2 aromatic rings. The Morgan fingerprint density at radius 1 is 1.55 bits per heavy atom. The lowest BCUT2D eigenvalue weighted by Gasteiger charge is -2.30. The molecule has 0 bridgehead atoms. The molecule has 0 spiro atoms. The van der Waals surface area contributed by atoms with Crippen LogP contribution in [0.15, 0.2) is 23.7 Å². The fourth-order valence-corrected chi connectivity index (χ4v) is 3.27. The lowest BCUT2D eigenvalue weighted by atomic mass is 10.1. The summed E-state index contributed by atoms with van der Waals surface area (Å²) in [5.74, 6) is -0.0414. The second-order valence-corrected chi connectivity index (χ2v) is 6.04. The minimum Gasteiger partial charge on any atom is -0.391 e. The van der Waals surface area contributed by atoms with Crippen molar-refractivity contribution in [2.24, 2.45) is 7.05 Å². The van der Waals surface area contributed by atoms with E-state index in [0.717, 1.165) is 23.4 Å². The molecule has 1 saturated heterocycles. The largest absolute Gasteiger partial charge is 0.391 e. The highest BCUT2D eigenvalue weighted by atomic mass is 32.1. The van der Waals surface area contributed by atoms with Crippen LogP contribution in [-0.4, -0.2) is 44.9 Å². The fraction of sp³-hybridized carbons (Fsp3) is 0.429. The average Bonchev–Trinajstić information content (AvgIpc) is 3.06. The molecule has 6 heteroatoms. The van der Waals surface area contributed by atoms with Crippen molar-refractivity contribution in [2.45, 2.75) is 18.9 Å². The Morgan fingerprint density at radius 2 is 2.40 bits per heavy atom. The molecule has 1 atom stereocenters. The molecular formula is C14H17N3O2S. The van der Waals surface area contributed by atoms with E-state index in [4.69, 9.17) is 0 Å². The van der Waals surface area contributed by atoms with Crippen LogP contribution in [0.2, 0.25) is 0 Å². The van der Waals surface area contributed by atoms with Crippen LogP contribution in [0.25, 0.3) is 10.6 Å². The first kappa shape index (κ1) is 13.3. The van der Waals surface area contributed by atoms with Gasteiger partial charge in [0, 0.05) is 26.3 Å². The number of likely N-dealkylation sites (tertiary alicyclic amines) is 1. The predicted molar refractivity (Wildman–Crippen MR) is 77.7 cm³/mol. The van der Waals surface area contributed by atoms with Crippen molar-refractivity contribution in [1.82, 2.24) is 14.7 Å². The summed E-state index contributed by atoms with van der Waals surface area (Å²) in [6.45, 7) is 1.12. The van der Waals surface area contributed by atoms with Gasteiger partial charge in [0.2, 0.25) is 0 Å². The number of rotatable bonds is 2. The maximum absolute atomic E-state index is 12.6. The van der Waals surface area contributed by atoms with E-state index in [9.17, 15) is 9.90 Å². The zero-order valence-corrected chi connectivity index (χ0v) is 12.1. The van der Waals surface area contributed by atoms with Crippen LogP contribution >= 0.6 is 11.3 Å². The molecule has 0 aliphatic carbocycles. The number of carbonyl (C=O) groups is 1. The molecule has 5 nitrogen and oxygen atoms in total. The molecule has 3 rings (SSSR count). The quantitative estimate of drug-likeness (QED) is 0.917.